The summed E-state index contributed by atoms with van der Waals surface area (Å²) < 4.78 is 5.81. The second-order valence-electron chi connectivity index (χ2n) is 14.0. The van der Waals surface area contributed by atoms with Gasteiger partial charge in [-0.1, -0.05) is 47.0 Å². The third kappa shape index (κ3) is 11.7. The van der Waals surface area contributed by atoms with Crippen LogP contribution in [0.15, 0.2) is 24.3 Å². The molecule has 2 saturated heterocycles. The topological polar surface area (TPSA) is 92.1 Å². The van der Waals surface area contributed by atoms with E-state index in [1.165, 1.54) is 5.69 Å². The zero-order chi connectivity index (χ0) is 30.9. The van der Waals surface area contributed by atoms with Crippen LogP contribution >= 0.6 is 0 Å². The van der Waals surface area contributed by atoms with Gasteiger partial charge in [-0.3, -0.25) is 14.6 Å². The van der Waals surface area contributed by atoms with Crippen molar-refractivity contribution in [3.63, 3.8) is 0 Å². The molecule has 0 amide bonds. The van der Waals surface area contributed by atoms with Crippen LogP contribution in [0.3, 0.4) is 0 Å². The van der Waals surface area contributed by atoms with E-state index in [1.54, 1.807) is 0 Å². The summed E-state index contributed by atoms with van der Waals surface area (Å²) in [6.07, 6.45) is 6.42. The predicted octanol–water partition coefficient (Wildman–Crippen LogP) is 4.29. The number of likely N-dealkylation sites (tertiary alicyclic amines) is 1. The quantitative estimate of drug-likeness (QED) is 0.359. The molecule has 1 aromatic rings. The van der Waals surface area contributed by atoms with Gasteiger partial charge in [0, 0.05) is 63.1 Å². The zero-order valence-electron chi connectivity index (χ0n) is 27.4. The van der Waals surface area contributed by atoms with Crippen LogP contribution in [-0.4, -0.2) is 114 Å². The summed E-state index contributed by atoms with van der Waals surface area (Å²) in [6, 6.07) is 11.2. The molecule has 1 atom stereocenters. The summed E-state index contributed by atoms with van der Waals surface area (Å²) >= 11 is 0. The van der Waals surface area contributed by atoms with Gasteiger partial charge in [0.2, 0.25) is 0 Å². The number of esters is 1. The second kappa shape index (κ2) is 17.2. The molecule has 0 bridgehead atoms. The van der Waals surface area contributed by atoms with Crippen LogP contribution in [0.1, 0.15) is 99.0 Å². The first kappa shape index (κ1) is 37.6. The number of rotatable bonds is 7. The van der Waals surface area contributed by atoms with Crippen molar-refractivity contribution in [3.05, 3.63) is 29.8 Å². The van der Waals surface area contributed by atoms with E-state index in [-0.39, 0.29) is 24.8 Å². The van der Waals surface area contributed by atoms with E-state index in [2.05, 4.69) is 53.8 Å². The predicted molar refractivity (Wildman–Crippen MR) is 178 cm³/mol. The van der Waals surface area contributed by atoms with Crippen LogP contribution in [-0.2, 0) is 9.53 Å². The zero-order valence-corrected chi connectivity index (χ0v) is 27.4. The van der Waals surface area contributed by atoms with Gasteiger partial charge in [0.1, 0.15) is 11.6 Å². The van der Waals surface area contributed by atoms with E-state index in [0.29, 0.717) is 36.5 Å². The summed E-state index contributed by atoms with van der Waals surface area (Å²) in [5.41, 5.74) is 0.328. The van der Waals surface area contributed by atoms with Crippen molar-refractivity contribution < 1.29 is 14.6 Å². The molecule has 0 aromatic heterocycles. The minimum absolute atomic E-state index is 0. The molecule has 1 saturated carbocycles. The van der Waals surface area contributed by atoms with Gasteiger partial charge in [0.05, 0.1) is 17.2 Å². The molecule has 9 heteroatoms. The summed E-state index contributed by atoms with van der Waals surface area (Å²) in [5.74, 6) is -0.267. The average molecular weight is 592 g/mol. The summed E-state index contributed by atoms with van der Waals surface area (Å²) in [5, 5.41) is 23.9. The molecule has 4 rings (SSSR count). The molecule has 0 radical (unpaired) electrons. The summed E-state index contributed by atoms with van der Waals surface area (Å²) in [4.78, 5) is 20.5. The van der Waals surface area contributed by atoms with Gasteiger partial charge in [0.15, 0.2) is 0 Å². The van der Waals surface area contributed by atoms with Crippen molar-refractivity contribution in [3.8, 4) is 6.07 Å². The molecule has 1 aromatic carbocycles. The number of piperidine rings is 1. The fourth-order valence-electron chi connectivity index (χ4n) is 6.77. The van der Waals surface area contributed by atoms with Gasteiger partial charge in [-0.15, -0.1) is 0 Å². The fourth-order valence-corrected chi connectivity index (χ4v) is 6.77. The first-order chi connectivity index (χ1) is 19.8. The van der Waals surface area contributed by atoms with Crippen molar-refractivity contribution in [1.82, 2.24) is 15.1 Å². The molecule has 8 nitrogen and oxygen atoms in total. The molecule has 3 aliphatic rings. The van der Waals surface area contributed by atoms with Crippen molar-refractivity contribution in [2.75, 3.05) is 44.2 Å². The van der Waals surface area contributed by atoms with Gasteiger partial charge in [-0.25, -0.2) is 0 Å². The maximum absolute atomic E-state index is 13.3. The average Bonchev–Trinajstić information content (AvgIpc) is 2.93. The fraction of sp³-hybridized carbons (Fsp3) is 0.765. The van der Waals surface area contributed by atoms with E-state index in [0.717, 1.165) is 71.4 Å². The molecule has 2 aliphatic heterocycles. The Morgan fingerprint density at radius 3 is 1.93 bits per heavy atom. The van der Waals surface area contributed by atoms with Gasteiger partial charge >= 0.3 is 24.8 Å². The van der Waals surface area contributed by atoms with Crippen molar-refractivity contribution in [1.29, 1.82) is 5.26 Å². The molecule has 238 valence electrons. The van der Waals surface area contributed by atoms with Gasteiger partial charge in [0.25, 0.3) is 0 Å². The summed E-state index contributed by atoms with van der Waals surface area (Å²) in [6.45, 7) is 19.9. The molecule has 2 N–H and O–H groups in total. The second-order valence-corrected chi connectivity index (χ2v) is 14.0. The Kier molecular flexibility index (Phi) is 15.0. The number of hydrogen-bond donors (Lipinski definition) is 2. The Balaban J connectivity index is 0.000000721. The molecular weight excluding hydrogens is 533 g/mol. The number of piperazine rings is 1. The maximum atomic E-state index is 13.3. The number of benzene rings is 1. The third-order valence-corrected chi connectivity index (χ3v) is 8.58. The number of nitriles is 1. The molecule has 43 heavy (non-hydrogen) atoms. The van der Waals surface area contributed by atoms with Crippen LogP contribution in [0.5, 0.6) is 0 Å². The Hall–Kier alpha value is -1.58. The molecule has 0 spiro atoms. The molecule has 1 aliphatic carbocycles. The number of nitrogens with zero attached hydrogens (tertiary/aromatic N) is 4. The molecule has 3 fully saturated rings. The minimum atomic E-state index is -0.986. The third-order valence-electron chi connectivity index (χ3n) is 8.58. The molecule has 1 unspecified atom stereocenters. The van der Waals surface area contributed by atoms with Crippen LogP contribution in [0.2, 0.25) is 0 Å². The Morgan fingerprint density at radius 2 is 1.49 bits per heavy atom. The van der Waals surface area contributed by atoms with Crippen molar-refractivity contribution in [2.24, 2.45) is 0 Å². The first-order valence-corrected chi connectivity index (χ1v) is 16.3. The van der Waals surface area contributed by atoms with Crippen LogP contribution < -0.4 is 10.2 Å². The summed E-state index contributed by atoms with van der Waals surface area (Å²) in [7, 11) is 0. The van der Waals surface area contributed by atoms with E-state index in [4.69, 9.17) is 10.00 Å². The number of carbonyl (C=O) groups excluding carboxylic acids is 1. The van der Waals surface area contributed by atoms with Gasteiger partial charge in [-0.05, 0) is 70.7 Å². The number of hydrogen-bond acceptors (Lipinski definition) is 8. The normalized spacial score (nSPS) is 20.9. The van der Waals surface area contributed by atoms with Crippen molar-refractivity contribution in [2.45, 2.75) is 129 Å². The number of aliphatic hydroxyl groups is 1. The van der Waals surface area contributed by atoms with E-state index in [9.17, 15) is 9.90 Å². The molecular formula is C34H58LiN5O3. The van der Waals surface area contributed by atoms with E-state index in [1.807, 2.05) is 45.0 Å². The van der Waals surface area contributed by atoms with Crippen molar-refractivity contribution >= 4 is 30.5 Å². The van der Waals surface area contributed by atoms with Crippen LogP contribution in [0, 0.1) is 11.3 Å². The van der Waals surface area contributed by atoms with Gasteiger partial charge in [-0.2, -0.15) is 5.26 Å². The van der Waals surface area contributed by atoms with Crippen LogP contribution in [0.25, 0.3) is 0 Å². The Morgan fingerprint density at radius 1 is 0.953 bits per heavy atom. The Bertz CT molecular complexity index is 992. The SMILES string of the molecule is CC(C)(C)OC(=O)C(N1CCC(N2CCN(c3ccc(C#N)cc3)CC2)CC1)C1(O)CCCCC1.CC(C)NC(C)C.[LiH]. The number of nitrogens with one attached hydrogen (secondary N) is 1. The number of carbonyl (C=O) groups is 1. The monoisotopic (exact) mass is 591 g/mol. The van der Waals surface area contributed by atoms with Gasteiger partial charge < -0.3 is 20.1 Å². The van der Waals surface area contributed by atoms with E-state index >= 15 is 0 Å². The molecule has 2 heterocycles. The van der Waals surface area contributed by atoms with Crippen LogP contribution in [0.4, 0.5) is 5.69 Å². The number of anilines is 1. The first-order valence-electron chi connectivity index (χ1n) is 16.3. The Labute approximate surface area is 273 Å². The van der Waals surface area contributed by atoms with E-state index < -0.39 is 17.2 Å². The standard InChI is InChI=1S/C28H42N4O3.C6H15N.Li.H/c1-27(2,3)35-26(33)25(28(34)13-5-4-6-14-28)32-15-11-24(12-16-32)31-19-17-30(18-20-31)23-9-7-22(21-29)8-10-23;1-5(2)7-6(3)4;;/h7-10,24-25,34H,4-6,11-20H2,1-3H3;5-7H,1-4H3;;. The number of ether oxygens (including phenoxy) is 1.